The van der Waals surface area contributed by atoms with Crippen LogP contribution in [0.5, 0.6) is 0 Å². The highest BCUT2D eigenvalue weighted by molar-refractivity contribution is 7.89. The van der Waals surface area contributed by atoms with Crippen LogP contribution in [0, 0.1) is 6.92 Å². The quantitative estimate of drug-likeness (QED) is 0.711. The number of aryl methyl sites for hydroxylation is 1. The average Bonchev–Trinajstić information content (AvgIpc) is 3.17. The monoisotopic (exact) mass is 282 g/mol. The summed E-state index contributed by atoms with van der Waals surface area (Å²) >= 11 is 0. The van der Waals surface area contributed by atoms with Gasteiger partial charge in [0.1, 0.15) is 0 Å². The maximum atomic E-state index is 11.8. The van der Waals surface area contributed by atoms with Crippen LogP contribution in [0.15, 0.2) is 24.3 Å². The van der Waals surface area contributed by atoms with E-state index in [1.807, 2.05) is 31.2 Å². The highest BCUT2D eigenvalue weighted by Crippen LogP contribution is 2.18. The van der Waals surface area contributed by atoms with Gasteiger partial charge in [-0.3, -0.25) is 0 Å². The lowest BCUT2D eigenvalue weighted by Gasteiger charge is -2.08. The fourth-order valence-electron chi connectivity index (χ4n) is 1.94. The van der Waals surface area contributed by atoms with Gasteiger partial charge in [0.15, 0.2) is 0 Å². The van der Waals surface area contributed by atoms with Crippen LogP contribution in [0.4, 0.5) is 0 Å². The molecule has 1 aromatic carbocycles. The van der Waals surface area contributed by atoms with Crippen molar-refractivity contribution in [1.29, 1.82) is 0 Å². The molecule has 0 spiro atoms. The van der Waals surface area contributed by atoms with Gasteiger partial charge in [0.05, 0.1) is 5.75 Å². The van der Waals surface area contributed by atoms with E-state index in [0.29, 0.717) is 19.0 Å². The Morgan fingerprint density at radius 2 is 2.11 bits per heavy atom. The molecule has 4 nitrogen and oxygen atoms in total. The fourth-order valence-corrected chi connectivity index (χ4v) is 3.00. The Labute approximate surface area is 115 Å². The van der Waals surface area contributed by atoms with E-state index in [4.69, 9.17) is 0 Å². The van der Waals surface area contributed by atoms with Crippen molar-refractivity contribution in [2.24, 2.45) is 0 Å². The van der Waals surface area contributed by atoms with Crippen molar-refractivity contribution in [3.63, 3.8) is 0 Å². The standard InChI is InChI=1S/C14H22N2O2S/c1-12-4-2-5-13(10-12)11-16-19(17,18)9-3-8-15-14-6-7-14/h2,4-5,10,14-16H,3,6-9,11H2,1H3. The van der Waals surface area contributed by atoms with Crippen LogP contribution in [0.1, 0.15) is 30.4 Å². The number of nitrogens with one attached hydrogen (secondary N) is 2. The van der Waals surface area contributed by atoms with Crippen LogP contribution < -0.4 is 10.0 Å². The second-order valence-electron chi connectivity index (χ2n) is 5.21. The molecule has 1 fully saturated rings. The average molecular weight is 282 g/mol. The van der Waals surface area contributed by atoms with Gasteiger partial charge in [0, 0.05) is 12.6 Å². The zero-order valence-electron chi connectivity index (χ0n) is 11.4. The Morgan fingerprint density at radius 1 is 1.32 bits per heavy atom. The molecule has 1 aliphatic carbocycles. The van der Waals surface area contributed by atoms with E-state index in [1.165, 1.54) is 12.8 Å². The summed E-state index contributed by atoms with van der Waals surface area (Å²) in [6.45, 7) is 3.16. The van der Waals surface area contributed by atoms with Crippen LogP contribution >= 0.6 is 0 Å². The first-order valence-electron chi connectivity index (χ1n) is 6.81. The number of hydrogen-bond acceptors (Lipinski definition) is 3. The Kier molecular flexibility index (Phi) is 4.96. The second-order valence-corrected chi connectivity index (χ2v) is 7.14. The number of sulfonamides is 1. The van der Waals surface area contributed by atoms with E-state index in [9.17, 15) is 8.42 Å². The smallest absolute Gasteiger partial charge is 0.211 e. The maximum absolute atomic E-state index is 11.8. The molecule has 0 aliphatic heterocycles. The van der Waals surface area contributed by atoms with Gasteiger partial charge in [-0.05, 0) is 38.3 Å². The molecule has 0 bridgehead atoms. The summed E-state index contributed by atoms with van der Waals surface area (Å²) in [5, 5.41) is 3.32. The molecular weight excluding hydrogens is 260 g/mol. The lowest BCUT2D eigenvalue weighted by atomic mass is 10.1. The van der Waals surface area contributed by atoms with Crippen LogP contribution in [-0.2, 0) is 16.6 Å². The zero-order chi connectivity index (χ0) is 13.7. The van der Waals surface area contributed by atoms with Gasteiger partial charge in [-0.1, -0.05) is 29.8 Å². The first kappa shape index (κ1) is 14.5. The van der Waals surface area contributed by atoms with E-state index in [1.54, 1.807) is 0 Å². The van der Waals surface area contributed by atoms with Crippen LogP contribution in [-0.4, -0.2) is 26.8 Å². The highest BCUT2D eigenvalue weighted by Gasteiger charge is 2.20. The minimum Gasteiger partial charge on any atom is -0.314 e. The van der Waals surface area contributed by atoms with Gasteiger partial charge in [0.2, 0.25) is 10.0 Å². The molecule has 0 heterocycles. The summed E-state index contributed by atoms with van der Waals surface area (Å²) in [7, 11) is -3.16. The third-order valence-corrected chi connectivity index (χ3v) is 4.59. The third-order valence-electron chi connectivity index (χ3n) is 3.18. The summed E-state index contributed by atoms with van der Waals surface area (Å²) in [4.78, 5) is 0. The van der Waals surface area contributed by atoms with Crippen molar-refractivity contribution < 1.29 is 8.42 Å². The molecule has 0 saturated heterocycles. The van der Waals surface area contributed by atoms with Gasteiger partial charge in [-0.2, -0.15) is 0 Å². The molecular formula is C14H22N2O2S. The van der Waals surface area contributed by atoms with Crippen molar-refractivity contribution in [3.8, 4) is 0 Å². The van der Waals surface area contributed by atoms with Crippen molar-refractivity contribution in [2.45, 2.75) is 38.8 Å². The van der Waals surface area contributed by atoms with Gasteiger partial charge >= 0.3 is 0 Å². The van der Waals surface area contributed by atoms with E-state index in [0.717, 1.165) is 17.7 Å². The van der Waals surface area contributed by atoms with Crippen LogP contribution in [0.25, 0.3) is 0 Å². The molecule has 1 saturated carbocycles. The Bertz CT molecular complexity index is 510. The molecule has 2 N–H and O–H groups in total. The SMILES string of the molecule is Cc1cccc(CNS(=O)(=O)CCCNC2CC2)c1. The molecule has 5 heteroatoms. The summed E-state index contributed by atoms with van der Waals surface area (Å²) < 4.78 is 26.3. The molecule has 0 amide bonds. The van der Waals surface area contributed by atoms with Gasteiger partial charge in [0.25, 0.3) is 0 Å². The first-order chi connectivity index (χ1) is 9.05. The lowest BCUT2D eigenvalue weighted by molar-refractivity contribution is 0.574. The van der Waals surface area contributed by atoms with Crippen LogP contribution in [0.2, 0.25) is 0 Å². The topological polar surface area (TPSA) is 58.2 Å². The largest absolute Gasteiger partial charge is 0.314 e. The number of hydrogen-bond donors (Lipinski definition) is 2. The van der Waals surface area contributed by atoms with E-state index in [2.05, 4.69) is 10.0 Å². The maximum Gasteiger partial charge on any atom is 0.211 e. The molecule has 19 heavy (non-hydrogen) atoms. The summed E-state index contributed by atoms with van der Waals surface area (Å²) in [6, 6.07) is 8.52. The molecule has 1 aliphatic rings. The van der Waals surface area contributed by atoms with Gasteiger partial charge < -0.3 is 5.32 Å². The Balaban J connectivity index is 1.70. The highest BCUT2D eigenvalue weighted by atomic mass is 32.2. The molecule has 106 valence electrons. The van der Waals surface area contributed by atoms with E-state index >= 15 is 0 Å². The predicted octanol–water partition coefficient (Wildman–Crippen LogP) is 1.56. The Hall–Kier alpha value is -0.910. The van der Waals surface area contributed by atoms with E-state index in [-0.39, 0.29) is 5.75 Å². The zero-order valence-corrected chi connectivity index (χ0v) is 12.2. The predicted molar refractivity (Wildman–Crippen MR) is 77.4 cm³/mol. The number of benzene rings is 1. The van der Waals surface area contributed by atoms with Crippen molar-refractivity contribution in [1.82, 2.24) is 10.0 Å². The van der Waals surface area contributed by atoms with Crippen molar-refractivity contribution in [3.05, 3.63) is 35.4 Å². The second kappa shape index (κ2) is 6.50. The molecule has 0 aromatic heterocycles. The van der Waals surface area contributed by atoms with Crippen molar-refractivity contribution >= 4 is 10.0 Å². The van der Waals surface area contributed by atoms with Gasteiger partial charge in [-0.25, -0.2) is 13.1 Å². The van der Waals surface area contributed by atoms with Crippen molar-refractivity contribution in [2.75, 3.05) is 12.3 Å². The van der Waals surface area contributed by atoms with Gasteiger partial charge in [-0.15, -0.1) is 0 Å². The normalized spacial score (nSPS) is 15.6. The first-order valence-corrected chi connectivity index (χ1v) is 8.47. The molecule has 0 radical (unpaired) electrons. The molecule has 0 atom stereocenters. The fraction of sp³-hybridized carbons (Fsp3) is 0.571. The molecule has 2 rings (SSSR count). The van der Waals surface area contributed by atoms with Crippen LogP contribution in [0.3, 0.4) is 0 Å². The molecule has 1 aromatic rings. The lowest BCUT2D eigenvalue weighted by Crippen LogP contribution is -2.28. The Morgan fingerprint density at radius 3 is 2.79 bits per heavy atom. The summed E-state index contributed by atoms with van der Waals surface area (Å²) in [5.41, 5.74) is 2.14. The minimum atomic E-state index is -3.16. The summed E-state index contributed by atoms with van der Waals surface area (Å²) in [5.74, 6) is 0.193. The van der Waals surface area contributed by atoms with E-state index < -0.39 is 10.0 Å². The molecule has 0 unspecified atom stereocenters. The minimum absolute atomic E-state index is 0.193. The summed E-state index contributed by atoms with van der Waals surface area (Å²) in [6.07, 6.45) is 3.14. The number of rotatable bonds is 8. The third kappa shape index (κ3) is 5.72.